The summed E-state index contributed by atoms with van der Waals surface area (Å²) >= 11 is 0. The maximum absolute atomic E-state index is 13.4. The Morgan fingerprint density at radius 3 is 2.38 bits per heavy atom. The zero-order valence-electron chi connectivity index (χ0n) is 13.5. The van der Waals surface area contributed by atoms with Gasteiger partial charge in [-0.3, -0.25) is 0 Å². The van der Waals surface area contributed by atoms with Gasteiger partial charge in [-0.25, -0.2) is 9.50 Å². The summed E-state index contributed by atoms with van der Waals surface area (Å²) in [7, 11) is 2.82. The minimum atomic E-state index is -4.78. The monoisotopic (exact) mass is 366 g/mol. The van der Waals surface area contributed by atoms with Crippen molar-refractivity contribution >= 4 is 11.6 Å². The fourth-order valence-electron chi connectivity index (χ4n) is 2.42. The van der Waals surface area contributed by atoms with Crippen molar-refractivity contribution < 1.29 is 32.5 Å². The molecule has 0 aliphatic rings. The van der Waals surface area contributed by atoms with Crippen LogP contribution >= 0.6 is 0 Å². The summed E-state index contributed by atoms with van der Waals surface area (Å²) < 4.78 is 50.8. The molecule has 0 N–H and O–H groups in total. The average Bonchev–Trinajstić information content (AvgIpc) is 3.03. The van der Waals surface area contributed by atoms with Crippen LogP contribution in [0.3, 0.4) is 0 Å². The first-order valence-corrected chi connectivity index (χ1v) is 7.16. The number of carboxylic acid groups (broad SMARTS) is 1. The van der Waals surface area contributed by atoms with Crippen molar-refractivity contribution in [3.8, 4) is 22.8 Å². The van der Waals surface area contributed by atoms with Gasteiger partial charge in [0.25, 0.3) is 0 Å². The highest BCUT2D eigenvalue weighted by Gasteiger charge is 2.35. The van der Waals surface area contributed by atoms with E-state index >= 15 is 0 Å². The number of alkyl halides is 3. The number of rotatable bonds is 4. The molecule has 0 spiro atoms. The lowest BCUT2D eigenvalue weighted by Gasteiger charge is -2.12. The predicted molar refractivity (Wildman–Crippen MR) is 80.9 cm³/mol. The third-order valence-electron chi connectivity index (χ3n) is 3.61. The van der Waals surface area contributed by atoms with Crippen molar-refractivity contribution in [1.29, 1.82) is 0 Å². The Bertz CT molecular complexity index is 998. The van der Waals surface area contributed by atoms with Crippen LogP contribution in [0.2, 0.25) is 0 Å². The number of carboxylic acids is 1. The number of aromatic carboxylic acids is 1. The van der Waals surface area contributed by atoms with Crippen LogP contribution in [0, 0.1) is 0 Å². The fourth-order valence-corrected chi connectivity index (χ4v) is 2.42. The molecular weight excluding hydrogens is 355 g/mol. The van der Waals surface area contributed by atoms with Gasteiger partial charge in [0.2, 0.25) is 0 Å². The van der Waals surface area contributed by atoms with Crippen LogP contribution in [-0.4, -0.2) is 34.8 Å². The van der Waals surface area contributed by atoms with Crippen LogP contribution in [0.25, 0.3) is 16.9 Å². The summed E-state index contributed by atoms with van der Waals surface area (Å²) in [5.41, 5.74) is -1.79. The van der Waals surface area contributed by atoms with Crippen molar-refractivity contribution in [3.63, 3.8) is 0 Å². The SMILES string of the molecule is COc1ccc(-c2cc(C(F)(F)F)n3nc(C(=O)[O-])cc3n2)cc1OC. The topological polar surface area (TPSA) is 88.8 Å². The number of nitrogens with zero attached hydrogens (tertiary/aromatic N) is 3. The summed E-state index contributed by atoms with van der Waals surface area (Å²) in [6.45, 7) is 0. The third kappa shape index (κ3) is 3.01. The first-order chi connectivity index (χ1) is 12.2. The molecule has 7 nitrogen and oxygen atoms in total. The smallest absolute Gasteiger partial charge is 0.433 e. The van der Waals surface area contributed by atoms with Gasteiger partial charge in [0.05, 0.1) is 25.9 Å². The van der Waals surface area contributed by atoms with E-state index in [9.17, 15) is 23.1 Å². The number of fused-ring (bicyclic) bond motifs is 1. The van der Waals surface area contributed by atoms with E-state index in [1.807, 2.05) is 0 Å². The number of hydrogen-bond acceptors (Lipinski definition) is 6. The number of benzene rings is 1. The Morgan fingerprint density at radius 2 is 1.81 bits per heavy atom. The number of ether oxygens (including phenoxy) is 2. The lowest BCUT2D eigenvalue weighted by Crippen LogP contribution is -2.23. The quantitative estimate of drug-likeness (QED) is 0.700. The van der Waals surface area contributed by atoms with Crippen molar-refractivity contribution in [2.75, 3.05) is 14.2 Å². The second-order valence-corrected chi connectivity index (χ2v) is 5.18. The Balaban J connectivity index is 2.25. The second kappa shape index (κ2) is 6.21. The molecule has 10 heteroatoms. The molecule has 0 atom stereocenters. The Hall–Kier alpha value is -3.30. The van der Waals surface area contributed by atoms with Crippen LogP contribution in [-0.2, 0) is 6.18 Å². The number of carbonyl (C=O) groups excluding carboxylic acids is 1. The molecule has 0 amide bonds. The largest absolute Gasteiger partial charge is 0.543 e. The average molecular weight is 366 g/mol. The Morgan fingerprint density at radius 1 is 1.12 bits per heavy atom. The predicted octanol–water partition coefficient (Wildman–Crippen LogP) is 1.80. The number of hydrogen-bond donors (Lipinski definition) is 0. The van der Waals surface area contributed by atoms with E-state index in [0.717, 1.165) is 12.1 Å². The minimum absolute atomic E-state index is 0.0319. The van der Waals surface area contributed by atoms with E-state index in [1.165, 1.54) is 32.4 Å². The maximum Gasteiger partial charge on any atom is 0.433 e. The van der Waals surface area contributed by atoms with Crippen LogP contribution in [0.15, 0.2) is 30.3 Å². The Labute approximate surface area is 144 Å². The molecular formula is C16H11F3N3O4-. The molecule has 3 aromatic rings. The van der Waals surface area contributed by atoms with Crippen LogP contribution < -0.4 is 14.6 Å². The highest BCUT2D eigenvalue weighted by molar-refractivity contribution is 5.85. The molecule has 0 aliphatic carbocycles. The van der Waals surface area contributed by atoms with Gasteiger partial charge in [0.15, 0.2) is 22.8 Å². The molecule has 3 rings (SSSR count). The molecule has 0 fully saturated rings. The van der Waals surface area contributed by atoms with Crippen molar-refractivity contribution in [2.24, 2.45) is 0 Å². The maximum atomic E-state index is 13.4. The normalized spacial score (nSPS) is 11.6. The van der Waals surface area contributed by atoms with Gasteiger partial charge < -0.3 is 19.4 Å². The van der Waals surface area contributed by atoms with Gasteiger partial charge in [0, 0.05) is 11.6 Å². The summed E-state index contributed by atoms with van der Waals surface area (Å²) in [6, 6.07) is 6.19. The minimum Gasteiger partial charge on any atom is -0.543 e. The molecule has 0 bridgehead atoms. The number of aromatic nitrogens is 3. The van der Waals surface area contributed by atoms with Crippen LogP contribution in [0.5, 0.6) is 11.5 Å². The molecule has 0 unspecified atom stereocenters. The highest BCUT2D eigenvalue weighted by atomic mass is 19.4. The van der Waals surface area contributed by atoms with Gasteiger partial charge >= 0.3 is 6.18 Å². The van der Waals surface area contributed by atoms with Crippen molar-refractivity contribution in [1.82, 2.24) is 14.6 Å². The molecule has 0 radical (unpaired) electrons. The lowest BCUT2D eigenvalue weighted by molar-refractivity contribution is -0.255. The van der Waals surface area contributed by atoms with Gasteiger partial charge in [-0.2, -0.15) is 18.3 Å². The van der Waals surface area contributed by atoms with Crippen LogP contribution in [0.4, 0.5) is 13.2 Å². The molecule has 1 aromatic carbocycles. The van der Waals surface area contributed by atoms with E-state index in [4.69, 9.17) is 9.47 Å². The highest BCUT2D eigenvalue weighted by Crippen LogP contribution is 2.35. The second-order valence-electron chi connectivity index (χ2n) is 5.18. The van der Waals surface area contributed by atoms with Crippen molar-refractivity contribution in [3.05, 3.63) is 41.7 Å². The molecule has 136 valence electrons. The van der Waals surface area contributed by atoms with Gasteiger partial charge in [-0.15, -0.1) is 0 Å². The summed E-state index contributed by atoms with van der Waals surface area (Å²) in [5.74, 6) is -0.989. The summed E-state index contributed by atoms with van der Waals surface area (Å²) in [5, 5.41) is 14.3. The lowest BCUT2D eigenvalue weighted by atomic mass is 10.1. The van der Waals surface area contributed by atoms with E-state index in [-0.39, 0.29) is 11.3 Å². The number of methoxy groups -OCH3 is 2. The van der Waals surface area contributed by atoms with Crippen molar-refractivity contribution in [2.45, 2.75) is 6.18 Å². The molecule has 0 saturated heterocycles. The molecule has 0 saturated carbocycles. The molecule has 2 heterocycles. The number of halogens is 3. The third-order valence-corrected chi connectivity index (χ3v) is 3.61. The molecule has 0 aliphatic heterocycles. The van der Waals surface area contributed by atoms with Crippen LogP contribution in [0.1, 0.15) is 16.2 Å². The fraction of sp³-hybridized carbons (Fsp3) is 0.188. The van der Waals surface area contributed by atoms with E-state index in [0.29, 0.717) is 21.6 Å². The number of carbonyl (C=O) groups is 1. The first kappa shape index (κ1) is 17.5. The molecule has 2 aromatic heterocycles. The van der Waals surface area contributed by atoms with Gasteiger partial charge in [-0.1, -0.05) is 0 Å². The van der Waals surface area contributed by atoms with Gasteiger partial charge in [-0.05, 0) is 24.3 Å². The zero-order chi connectivity index (χ0) is 19.1. The van der Waals surface area contributed by atoms with E-state index < -0.39 is 23.5 Å². The first-order valence-electron chi connectivity index (χ1n) is 7.16. The zero-order valence-corrected chi connectivity index (χ0v) is 13.5. The molecule has 26 heavy (non-hydrogen) atoms. The van der Waals surface area contributed by atoms with E-state index in [2.05, 4.69) is 10.1 Å². The summed E-state index contributed by atoms with van der Waals surface area (Å²) in [6.07, 6.45) is -4.78. The summed E-state index contributed by atoms with van der Waals surface area (Å²) in [4.78, 5) is 15.0. The van der Waals surface area contributed by atoms with E-state index in [1.54, 1.807) is 0 Å². The standard InChI is InChI=1S/C16H12F3N3O4/c1-25-11-4-3-8(5-12(11)26-2)9-6-13(16(17,18)19)22-14(20-9)7-10(21-22)15(23)24/h3-7H,1-2H3,(H,23,24)/p-1. The Kier molecular flexibility index (Phi) is 4.18. The van der Waals surface area contributed by atoms with Gasteiger partial charge in [0.1, 0.15) is 5.69 Å².